The van der Waals surface area contributed by atoms with Gasteiger partial charge in [0.1, 0.15) is 0 Å². The van der Waals surface area contributed by atoms with Crippen molar-refractivity contribution in [1.29, 1.82) is 0 Å². The van der Waals surface area contributed by atoms with Gasteiger partial charge in [0.15, 0.2) is 0 Å². The van der Waals surface area contributed by atoms with Crippen LogP contribution in [0.2, 0.25) is 0 Å². The first-order valence-electron chi connectivity index (χ1n) is 6.07. The summed E-state index contributed by atoms with van der Waals surface area (Å²) in [5.74, 6) is 0. The molecule has 1 rings (SSSR count). The summed E-state index contributed by atoms with van der Waals surface area (Å²) < 4.78 is 7.29. The van der Waals surface area contributed by atoms with Crippen molar-refractivity contribution in [1.82, 2.24) is 15.1 Å². The van der Waals surface area contributed by atoms with Crippen LogP contribution >= 0.6 is 0 Å². The summed E-state index contributed by atoms with van der Waals surface area (Å²) in [5, 5.41) is 7.76. The number of hydrogen-bond donors (Lipinski definition) is 1. The molecule has 0 aromatic carbocycles. The summed E-state index contributed by atoms with van der Waals surface area (Å²) in [6.07, 6.45) is 4.85. The minimum atomic E-state index is 0.312. The van der Waals surface area contributed by atoms with E-state index in [9.17, 15) is 0 Å². The van der Waals surface area contributed by atoms with E-state index in [1.165, 1.54) is 5.56 Å². The van der Waals surface area contributed by atoms with Crippen LogP contribution in [0.5, 0.6) is 0 Å². The van der Waals surface area contributed by atoms with Crippen molar-refractivity contribution in [2.24, 2.45) is 7.05 Å². The van der Waals surface area contributed by atoms with E-state index in [4.69, 9.17) is 4.74 Å². The molecule has 4 nitrogen and oxygen atoms in total. The first-order valence-corrected chi connectivity index (χ1v) is 6.07. The predicted molar refractivity (Wildman–Crippen MR) is 70.0 cm³/mol. The van der Waals surface area contributed by atoms with E-state index in [1.807, 2.05) is 24.7 Å². The van der Waals surface area contributed by atoms with Crippen LogP contribution < -0.4 is 5.32 Å². The molecular weight excluding hydrogens is 214 g/mol. The largest absolute Gasteiger partial charge is 0.380 e. The average molecular weight is 237 g/mol. The maximum absolute atomic E-state index is 5.44. The molecule has 1 atom stereocenters. The minimum absolute atomic E-state index is 0.312. The molecule has 4 heteroatoms. The molecule has 0 saturated carbocycles. The fourth-order valence-corrected chi connectivity index (χ4v) is 1.77. The van der Waals surface area contributed by atoms with Gasteiger partial charge in [-0.25, -0.2) is 0 Å². The molecule has 1 unspecified atom stereocenters. The molecule has 0 spiro atoms. The van der Waals surface area contributed by atoms with Gasteiger partial charge in [0, 0.05) is 31.4 Å². The second kappa shape index (κ2) is 7.25. The summed E-state index contributed by atoms with van der Waals surface area (Å²) in [5.41, 5.74) is 2.33. The molecule has 0 saturated heterocycles. The Morgan fingerprint density at radius 2 is 2.35 bits per heavy atom. The van der Waals surface area contributed by atoms with E-state index in [-0.39, 0.29) is 0 Å². The number of rotatable bonds is 8. The van der Waals surface area contributed by atoms with Gasteiger partial charge < -0.3 is 10.1 Å². The molecule has 0 fully saturated rings. The first kappa shape index (κ1) is 13.9. The van der Waals surface area contributed by atoms with Gasteiger partial charge in [-0.15, -0.1) is 6.58 Å². The van der Waals surface area contributed by atoms with Gasteiger partial charge in [-0.2, -0.15) is 5.10 Å². The lowest BCUT2D eigenvalue weighted by atomic mass is 10.1. The minimum Gasteiger partial charge on any atom is -0.380 e. The molecule has 0 amide bonds. The van der Waals surface area contributed by atoms with Crippen LogP contribution in [0.1, 0.15) is 30.6 Å². The van der Waals surface area contributed by atoms with Gasteiger partial charge in [-0.1, -0.05) is 6.08 Å². The van der Waals surface area contributed by atoms with Crippen LogP contribution in [0.25, 0.3) is 0 Å². The van der Waals surface area contributed by atoms with Crippen LogP contribution in [-0.4, -0.2) is 29.5 Å². The van der Waals surface area contributed by atoms with E-state index in [0.29, 0.717) is 6.04 Å². The summed E-state index contributed by atoms with van der Waals surface area (Å²) in [7, 11) is 1.95. The number of aryl methyl sites for hydroxylation is 2. The Balaban J connectivity index is 2.23. The van der Waals surface area contributed by atoms with Crippen molar-refractivity contribution in [2.75, 3.05) is 19.8 Å². The van der Waals surface area contributed by atoms with Gasteiger partial charge in [-0.3, -0.25) is 4.68 Å². The Kier molecular flexibility index (Phi) is 5.94. The van der Waals surface area contributed by atoms with Gasteiger partial charge in [0.25, 0.3) is 0 Å². The Labute approximate surface area is 104 Å². The summed E-state index contributed by atoms with van der Waals surface area (Å²) in [6, 6.07) is 0.312. The molecule has 1 N–H and O–H groups in total. The zero-order chi connectivity index (χ0) is 12.7. The maximum atomic E-state index is 5.44. The number of hydrogen-bond acceptors (Lipinski definition) is 3. The Bertz CT molecular complexity index is 346. The SMILES string of the molecule is C=CCCOCCNC(C)c1cn(C)nc1C. The molecule has 1 heterocycles. The molecule has 0 aliphatic heterocycles. The summed E-state index contributed by atoms with van der Waals surface area (Å²) >= 11 is 0. The number of nitrogens with zero attached hydrogens (tertiary/aromatic N) is 2. The predicted octanol–water partition coefficient (Wildman–Crippen LogP) is 1.97. The summed E-state index contributed by atoms with van der Waals surface area (Å²) in [4.78, 5) is 0. The second-order valence-corrected chi connectivity index (χ2v) is 4.21. The zero-order valence-electron chi connectivity index (χ0n) is 11.1. The Morgan fingerprint density at radius 1 is 1.59 bits per heavy atom. The van der Waals surface area contributed by atoms with Gasteiger partial charge >= 0.3 is 0 Å². The van der Waals surface area contributed by atoms with E-state index in [1.54, 1.807) is 0 Å². The van der Waals surface area contributed by atoms with Gasteiger partial charge in [-0.05, 0) is 20.3 Å². The Morgan fingerprint density at radius 3 is 2.94 bits per heavy atom. The van der Waals surface area contributed by atoms with Crippen molar-refractivity contribution < 1.29 is 4.74 Å². The van der Waals surface area contributed by atoms with Crippen molar-refractivity contribution in [2.45, 2.75) is 26.3 Å². The molecule has 96 valence electrons. The smallest absolute Gasteiger partial charge is 0.0641 e. The molecule has 0 bridgehead atoms. The zero-order valence-corrected chi connectivity index (χ0v) is 11.1. The van der Waals surface area contributed by atoms with E-state index < -0.39 is 0 Å². The average Bonchev–Trinajstić information content (AvgIpc) is 2.62. The van der Waals surface area contributed by atoms with E-state index in [2.05, 4.69) is 30.1 Å². The van der Waals surface area contributed by atoms with E-state index in [0.717, 1.165) is 31.9 Å². The molecule has 0 aliphatic rings. The van der Waals surface area contributed by atoms with Crippen LogP contribution in [0.4, 0.5) is 0 Å². The van der Waals surface area contributed by atoms with Crippen molar-refractivity contribution in [3.8, 4) is 0 Å². The molecule has 0 aliphatic carbocycles. The second-order valence-electron chi connectivity index (χ2n) is 4.21. The third-order valence-corrected chi connectivity index (χ3v) is 2.68. The number of ether oxygens (including phenoxy) is 1. The highest BCUT2D eigenvalue weighted by Crippen LogP contribution is 2.14. The maximum Gasteiger partial charge on any atom is 0.0641 e. The molecular formula is C13H23N3O. The molecule has 1 aromatic heterocycles. The molecule has 17 heavy (non-hydrogen) atoms. The topological polar surface area (TPSA) is 39.1 Å². The lowest BCUT2D eigenvalue weighted by molar-refractivity contribution is 0.138. The van der Waals surface area contributed by atoms with Gasteiger partial charge in [0.05, 0.1) is 18.9 Å². The lowest BCUT2D eigenvalue weighted by Crippen LogP contribution is -2.23. The first-order chi connectivity index (χ1) is 8.15. The normalized spacial score (nSPS) is 12.6. The Hall–Kier alpha value is -1.13. The van der Waals surface area contributed by atoms with E-state index >= 15 is 0 Å². The van der Waals surface area contributed by atoms with Crippen LogP contribution in [0, 0.1) is 6.92 Å². The van der Waals surface area contributed by atoms with Gasteiger partial charge in [0.2, 0.25) is 0 Å². The van der Waals surface area contributed by atoms with Crippen molar-refractivity contribution >= 4 is 0 Å². The molecule has 0 radical (unpaired) electrons. The highest BCUT2D eigenvalue weighted by Gasteiger charge is 2.10. The highest BCUT2D eigenvalue weighted by atomic mass is 16.5. The van der Waals surface area contributed by atoms with Crippen LogP contribution in [0.3, 0.4) is 0 Å². The fraction of sp³-hybridized carbons (Fsp3) is 0.615. The highest BCUT2D eigenvalue weighted by molar-refractivity contribution is 5.19. The third-order valence-electron chi connectivity index (χ3n) is 2.68. The number of aromatic nitrogens is 2. The number of nitrogens with one attached hydrogen (secondary N) is 1. The van der Waals surface area contributed by atoms with Crippen molar-refractivity contribution in [3.63, 3.8) is 0 Å². The fourth-order valence-electron chi connectivity index (χ4n) is 1.77. The van der Waals surface area contributed by atoms with Crippen LogP contribution in [-0.2, 0) is 11.8 Å². The van der Waals surface area contributed by atoms with Crippen molar-refractivity contribution in [3.05, 3.63) is 30.1 Å². The monoisotopic (exact) mass is 237 g/mol. The van der Waals surface area contributed by atoms with Crippen LogP contribution in [0.15, 0.2) is 18.9 Å². The quantitative estimate of drug-likeness (QED) is 0.555. The molecule has 1 aromatic rings. The summed E-state index contributed by atoms with van der Waals surface area (Å²) in [6.45, 7) is 10.2. The lowest BCUT2D eigenvalue weighted by Gasteiger charge is -2.13. The standard InChI is InChI=1S/C13H23N3O/c1-5-6-8-17-9-7-14-11(2)13-10-16(4)15-12(13)3/h5,10-11,14H,1,6-9H2,2-4H3. The third kappa shape index (κ3) is 4.71.